The van der Waals surface area contributed by atoms with Gasteiger partial charge in [-0.3, -0.25) is 0 Å². The Balaban J connectivity index is 1.49. The predicted molar refractivity (Wildman–Crippen MR) is 127 cm³/mol. The molecule has 6 heteroatoms. The third-order valence-corrected chi connectivity index (χ3v) is 5.64. The summed E-state index contributed by atoms with van der Waals surface area (Å²) in [4.78, 5) is 2.16. The molecule has 0 aliphatic carbocycles. The van der Waals surface area contributed by atoms with Crippen LogP contribution in [0.15, 0.2) is 91.0 Å². The number of aromatic nitrogens is 2. The molecule has 1 heterocycles. The quantitative estimate of drug-likeness (QED) is 0.263. The smallest absolute Gasteiger partial charge is 0.168 e. The molecule has 0 unspecified atom stereocenters. The van der Waals surface area contributed by atoms with Gasteiger partial charge in [-0.15, -0.1) is 0 Å². The first kappa shape index (κ1) is 20.0. The summed E-state index contributed by atoms with van der Waals surface area (Å²) < 4.78 is 36.4. The zero-order chi connectivity index (χ0) is 21.9. The lowest BCUT2D eigenvalue weighted by Gasteiger charge is -2.25. The molecule has 0 saturated carbocycles. The van der Waals surface area contributed by atoms with Crippen LogP contribution in [0.25, 0.3) is 23.2 Å². The summed E-state index contributed by atoms with van der Waals surface area (Å²) in [5.41, 5.74) is 4.75. The second-order valence-electron chi connectivity index (χ2n) is 7.15. The van der Waals surface area contributed by atoms with Crippen LogP contribution in [-0.2, 0) is 0 Å². The minimum atomic E-state index is -0.929. The van der Waals surface area contributed by atoms with Crippen molar-refractivity contribution >= 4 is 52.0 Å². The van der Waals surface area contributed by atoms with Crippen molar-refractivity contribution in [3.8, 4) is 0 Å². The van der Waals surface area contributed by atoms with E-state index in [9.17, 15) is 8.78 Å². The summed E-state index contributed by atoms with van der Waals surface area (Å²) in [6, 6.07) is 29.2. The number of hydrogen-bond acceptors (Lipinski definition) is 4. The maximum Gasteiger partial charge on any atom is 0.168 e. The van der Waals surface area contributed by atoms with E-state index in [1.54, 1.807) is 12.2 Å². The Labute approximate surface area is 188 Å². The minimum Gasteiger partial charge on any atom is -0.311 e. The average molecular weight is 442 g/mol. The standard InChI is InChI=1S/C26H17F2N3S/c27-23-17-24-26(30-32-29-24)22(25(23)28)16-13-18-11-14-21(15-12-18)31(19-7-3-1-4-8-19)20-9-5-2-6-10-20/h1-17H/b16-13+. The highest BCUT2D eigenvalue weighted by Crippen LogP contribution is 2.34. The van der Waals surface area contributed by atoms with E-state index >= 15 is 0 Å². The molecule has 0 fully saturated rings. The van der Waals surface area contributed by atoms with Crippen molar-refractivity contribution in [3.63, 3.8) is 0 Å². The van der Waals surface area contributed by atoms with Crippen LogP contribution < -0.4 is 4.90 Å². The molecule has 0 bridgehead atoms. The Bertz CT molecular complexity index is 1340. The van der Waals surface area contributed by atoms with Crippen LogP contribution >= 0.6 is 11.7 Å². The number of halogens is 2. The molecule has 0 spiro atoms. The minimum absolute atomic E-state index is 0.105. The number of anilines is 3. The number of rotatable bonds is 5. The molecule has 5 aromatic rings. The summed E-state index contributed by atoms with van der Waals surface area (Å²) in [7, 11) is 0. The van der Waals surface area contributed by atoms with Gasteiger partial charge in [0.25, 0.3) is 0 Å². The summed E-state index contributed by atoms with van der Waals surface area (Å²) in [5, 5.41) is 0. The third-order valence-electron chi connectivity index (χ3n) is 5.10. The van der Waals surface area contributed by atoms with Gasteiger partial charge in [-0.25, -0.2) is 8.78 Å². The van der Waals surface area contributed by atoms with Crippen molar-refractivity contribution in [2.75, 3.05) is 4.90 Å². The van der Waals surface area contributed by atoms with E-state index in [0.29, 0.717) is 11.0 Å². The highest BCUT2D eigenvalue weighted by atomic mass is 32.1. The lowest BCUT2D eigenvalue weighted by Crippen LogP contribution is -2.09. The molecule has 32 heavy (non-hydrogen) atoms. The number of fused-ring (bicyclic) bond motifs is 1. The van der Waals surface area contributed by atoms with Crippen molar-refractivity contribution in [1.82, 2.24) is 8.75 Å². The normalized spacial score (nSPS) is 11.3. The summed E-state index contributed by atoms with van der Waals surface area (Å²) in [6.07, 6.45) is 3.29. The van der Waals surface area contributed by atoms with Gasteiger partial charge in [-0.2, -0.15) is 8.75 Å². The molecule has 3 nitrogen and oxygen atoms in total. The fourth-order valence-corrected chi connectivity index (χ4v) is 4.10. The van der Waals surface area contributed by atoms with Gasteiger partial charge in [-0.1, -0.05) is 54.6 Å². The molecule has 0 radical (unpaired) electrons. The van der Waals surface area contributed by atoms with Gasteiger partial charge in [0.1, 0.15) is 11.0 Å². The summed E-state index contributed by atoms with van der Waals surface area (Å²) in [5.74, 6) is -1.85. The van der Waals surface area contributed by atoms with E-state index in [0.717, 1.165) is 40.4 Å². The maximum atomic E-state index is 14.4. The second kappa shape index (κ2) is 8.69. The molecule has 0 atom stereocenters. The van der Waals surface area contributed by atoms with E-state index in [2.05, 4.69) is 37.9 Å². The molecule has 5 rings (SSSR count). The van der Waals surface area contributed by atoms with Gasteiger partial charge in [0, 0.05) is 28.7 Å². The van der Waals surface area contributed by atoms with Gasteiger partial charge < -0.3 is 4.90 Å². The predicted octanol–water partition coefficient (Wildman–Crippen LogP) is 7.61. The van der Waals surface area contributed by atoms with Gasteiger partial charge in [0.2, 0.25) is 0 Å². The fraction of sp³-hybridized carbons (Fsp3) is 0. The van der Waals surface area contributed by atoms with E-state index < -0.39 is 11.6 Å². The number of para-hydroxylation sites is 2. The summed E-state index contributed by atoms with van der Waals surface area (Å²) in [6.45, 7) is 0. The van der Waals surface area contributed by atoms with Crippen molar-refractivity contribution in [2.24, 2.45) is 0 Å². The van der Waals surface area contributed by atoms with E-state index in [-0.39, 0.29) is 5.56 Å². The van der Waals surface area contributed by atoms with Crippen LogP contribution in [-0.4, -0.2) is 8.75 Å². The Morgan fingerprint density at radius 1 is 0.688 bits per heavy atom. The number of hydrogen-bond donors (Lipinski definition) is 0. The Hall–Kier alpha value is -3.90. The van der Waals surface area contributed by atoms with Gasteiger partial charge in [0.05, 0.1) is 11.7 Å². The largest absolute Gasteiger partial charge is 0.311 e. The summed E-state index contributed by atoms with van der Waals surface area (Å²) >= 11 is 0.934. The SMILES string of the molecule is Fc1cc2nsnc2c(/C=C/c2ccc(N(c3ccccc3)c3ccccc3)cc2)c1F. The number of benzene rings is 4. The zero-order valence-corrected chi connectivity index (χ0v) is 17.6. The second-order valence-corrected chi connectivity index (χ2v) is 7.68. The molecule has 156 valence electrons. The van der Waals surface area contributed by atoms with Crippen molar-refractivity contribution in [1.29, 1.82) is 0 Å². The first-order chi connectivity index (χ1) is 15.7. The fourth-order valence-electron chi connectivity index (χ4n) is 3.56. The molecular weight excluding hydrogens is 424 g/mol. The van der Waals surface area contributed by atoms with Gasteiger partial charge in [-0.05, 0) is 48.0 Å². The lowest BCUT2D eigenvalue weighted by atomic mass is 10.1. The first-order valence-electron chi connectivity index (χ1n) is 9.99. The Morgan fingerprint density at radius 3 is 1.91 bits per heavy atom. The highest BCUT2D eigenvalue weighted by molar-refractivity contribution is 7.00. The van der Waals surface area contributed by atoms with Crippen molar-refractivity contribution < 1.29 is 8.78 Å². The zero-order valence-electron chi connectivity index (χ0n) is 16.8. The van der Waals surface area contributed by atoms with Crippen LogP contribution in [0.4, 0.5) is 25.8 Å². The van der Waals surface area contributed by atoms with E-state index in [1.165, 1.54) is 0 Å². The van der Waals surface area contributed by atoms with Crippen LogP contribution in [0.5, 0.6) is 0 Å². The molecule has 0 aliphatic rings. The van der Waals surface area contributed by atoms with Gasteiger partial charge in [0.15, 0.2) is 11.6 Å². The molecule has 1 aromatic heterocycles. The van der Waals surface area contributed by atoms with E-state index in [1.807, 2.05) is 60.7 Å². The average Bonchev–Trinajstić information content (AvgIpc) is 3.30. The first-order valence-corrected chi connectivity index (χ1v) is 10.7. The molecule has 0 saturated heterocycles. The monoisotopic (exact) mass is 441 g/mol. The van der Waals surface area contributed by atoms with Crippen molar-refractivity contribution in [2.45, 2.75) is 0 Å². The van der Waals surface area contributed by atoms with Crippen LogP contribution in [0, 0.1) is 11.6 Å². The van der Waals surface area contributed by atoms with Crippen LogP contribution in [0.2, 0.25) is 0 Å². The van der Waals surface area contributed by atoms with Crippen LogP contribution in [0.1, 0.15) is 11.1 Å². The Morgan fingerprint density at radius 2 is 1.28 bits per heavy atom. The molecule has 0 aliphatic heterocycles. The van der Waals surface area contributed by atoms with Crippen LogP contribution in [0.3, 0.4) is 0 Å². The lowest BCUT2D eigenvalue weighted by molar-refractivity contribution is 0.509. The Kier molecular flexibility index (Phi) is 5.44. The third kappa shape index (κ3) is 3.88. The number of nitrogens with zero attached hydrogens (tertiary/aromatic N) is 3. The molecule has 0 amide bonds. The molecule has 0 N–H and O–H groups in total. The topological polar surface area (TPSA) is 29.0 Å². The van der Waals surface area contributed by atoms with Crippen molar-refractivity contribution in [3.05, 3.63) is 114 Å². The molecule has 4 aromatic carbocycles. The van der Waals surface area contributed by atoms with Gasteiger partial charge >= 0.3 is 0 Å². The molecular formula is C26H17F2N3S. The highest BCUT2D eigenvalue weighted by Gasteiger charge is 2.15. The maximum absolute atomic E-state index is 14.4. The van der Waals surface area contributed by atoms with E-state index in [4.69, 9.17) is 0 Å².